The average Bonchev–Trinajstić information content (AvgIpc) is 2.78. The van der Waals surface area contributed by atoms with Crippen LogP contribution in [0.1, 0.15) is 24.0 Å². The van der Waals surface area contributed by atoms with E-state index in [2.05, 4.69) is 51.8 Å². The predicted octanol–water partition coefficient (Wildman–Crippen LogP) is 3.70. The quantitative estimate of drug-likeness (QED) is 0.701. The van der Waals surface area contributed by atoms with E-state index in [9.17, 15) is 4.79 Å². The van der Waals surface area contributed by atoms with Crippen molar-refractivity contribution in [3.63, 3.8) is 0 Å². The Labute approximate surface area is 172 Å². The van der Waals surface area contributed by atoms with Crippen LogP contribution in [0.25, 0.3) is 10.9 Å². The maximum Gasteiger partial charge on any atom is 0.315 e. The van der Waals surface area contributed by atoms with E-state index in [0.717, 1.165) is 42.4 Å². The van der Waals surface area contributed by atoms with Crippen LogP contribution in [0.4, 0.5) is 4.79 Å². The van der Waals surface area contributed by atoms with E-state index < -0.39 is 0 Å². The minimum Gasteiger partial charge on any atom is -0.337 e. The van der Waals surface area contributed by atoms with Crippen molar-refractivity contribution in [1.29, 1.82) is 0 Å². The number of carbonyl (C=O) groups excluding carboxylic acids is 1. The smallest absolute Gasteiger partial charge is 0.315 e. The van der Waals surface area contributed by atoms with Gasteiger partial charge in [-0.15, -0.1) is 0 Å². The Morgan fingerprint density at radius 2 is 1.83 bits per heavy atom. The van der Waals surface area contributed by atoms with Gasteiger partial charge in [-0.25, -0.2) is 4.79 Å². The largest absolute Gasteiger partial charge is 0.337 e. The molecule has 2 heterocycles. The lowest BCUT2D eigenvalue weighted by atomic mass is 9.72. The van der Waals surface area contributed by atoms with Gasteiger partial charge in [0, 0.05) is 30.1 Å². The summed E-state index contributed by atoms with van der Waals surface area (Å²) in [5, 5.41) is 7.23. The Kier molecular flexibility index (Phi) is 5.76. The fourth-order valence-corrected chi connectivity index (χ4v) is 4.12. The molecule has 2 N–H and O–H groups in total. The number of amides is 2. The molecule has 29 heavy (non-hydrogen) atoms. The minimum absolute atomic E-state index is 0.00200. The van der Waals surface area contributed by atoms with E-state index in [4.69, 9.17) is 0 Å². The van der Waals surface area contributed by atoms with E-state index in [1.807, 2.05) is 36.4 Å². The van der Waals surface area contributed by atoms with Gasteiger partial charge in [0.15, 0.2) is 0 Å². The number of fused-ring (bicyclic) bond motifs is 1. The lowest BCUT2D eigenvalue weighted by molar-refractivity contribution is 0.181. The Hall–Kier alpha value is -2.92. The topological polar surface area (TPSA) is 57.3 Å². The molecule has 4 rings (SSSR count). The van der Waals surface area contributed by atoms with Gasteiger partial charge < -0.3 is 15.5 Å². The fraction of sp³-hybridized carbons (Fsp3) is 0.333. The third kappa shape index (κ3) is 4.57. The summed E-state index contributed by atoms with van der Waals surface area (Å²) in [4.78, 5) is 19.3. The van der Waals surface area contributed by atoms with Crippen LogP contribution in [0.2, 0.25) is 0 Å². The van der Waals surface area contributed by atoms with E-state index >= 15 is 0 Å². The first-order valence-corrected chi connectivity index (χ1v) is 10.2. The summed E-state index contributed by atoms with van der Waals surface area (Å²) >= 11 is 0. The number of aromatic nitrogens is 1. The number of pyridine rings is 1. The van der Waals surface area contributed by atoms with Crippen LogP contribution >= 0.6 is 0 Å². The molecule has 5 nitrogen and oxygen atoms in total. The highest BCUT2D eigenvalue weighted by atomic mass is 16.2. The zero-order chi connectivity index (χ0) is 20.1. The van der Waals surface area contributed by atoms with Gasteiger partial charge >= 0.3 is 6.03 Å². The third-order valence-corrected chi connectivity index (χ3v) is 6.04. The zero-order valence-electron chi connectivity index (χ0n) is 16.9. The van der Waals surface area contributed by atoms with E-state index in [1.165, 1.54) is 5.56 Å². The van der Waals surface area contributed by atoms with Crippen LogP contribution in [-0.4, -0.2) is 42.6 Å². The molecule has 2 amide bonds. The summed E-state index contributed by atoms with van der Waals surface area (Å²) in [6.07, 6.45) is 3.88. The van der Waals surface area contributed by atoms with Crippen molar-refractivity contribution in [2.24, 2.45) is 0 Å². The summed E-state index contributed by atoms with van der Waals surface area (Å²) in [7, 11) is 2.16. The number of piperidine rings is 1. The summed E-state index contributed by atoms with van der Waals surface area (Å²) in [6, 6.07) is 20.5. The van der Waals surface area contributed by atoms with Gasteiger partial charge in [-0.2, -0.15) is 0 Å². The molecule has 0 saturated carbocycles. The van der Waals surface area contributed by atoms with Crippen molar-refractivity contribution < 1.29 is 4.79 Å². The van der Waals surface area contributed by atoms with Gasteiger partial charge in [-0.05, 0) is 56.2 Å². The van der Waals surface area contributed by atoms with Crippen LogP contribution in [-0.2, 0) is 12.0 Å². The molecular formula is C24H28N4O. The van der Waals surface area contributed by atoms with Crippen LogP contribution in [0, 0.1) is 0 Å². The number of urea groups is 1. The van der Waals surface area contributed by atoms with E-state index in [1.54, 1.807) is 6.20 Å². The lowest BCUT2D eigenvalue weighted by Gasteiger charge is -2.41. The molecule has 2 aromatic carbocycles. The van der Waals surface area contributed by atoms with Crippen LogP contribution in [0.3, 0.4) is 0 Å². The molecular weight excluding hydrogens is 360 g/mol. The van der Waals surface area contributed by atoms with Crippen molar-refractivity contribution in [2.45, 2.75) is 24.8 Å². The Morgan fingerprint density at radius 1 is 1.03 bits per heavy atom. The van der Waals surface area contributed by atoms with Gasteiger partial charge in [0.1, 0.15) is 0 Å². The van der Waals surface area contributed by atoms with E-state index in [-0.39, 0.29) is 11.4 Å². The molecule has 0 atom stereocenters. The normalized spacial score (nSPS) is 16.4. The monoisotopic (exact) mass is 388 g/mol. The highest BCUT2D eigenvalue weighted by Crippen LogP contribution is 2.34. The second-order valence-corrected chi connectivity index (χ2v) is 8.02. The van der Waals surface area contributed by atoms with Gasteiger partial charge in [0.25, 0.3) is 0 Å². The standard InChI is InChI=1S/C24H28N4O/c1-28-14-11-24(12-15-28,21-7-3-2-4-8-21)18-27-23(29)26-17-19-9-10-20-6-5-13-25-22(20)16-19/h2-10,13,16H,11-12,14-15,17-18H2,1H3,(H2,26,27,29). The van der Waals surface area contributed by atoms with Gasteiger partial charge in [-0.3, -0.25) is 4.98 Å². The summed E-state index contributed by atoms with van der Waals surface area (Å²) < 4.78 is 0. The van der Waals surface area contributed by atoms with Gasteiger partial charge in [-0.1, -0.05) is 48.5 Å². The first kappa shape index (κ1) is 19.4. The molecule has 0 spiro atoms. The molecule has 0 bridgehead atoms. The van der Waals surface area contributed by atoms with E-state index in [0.29, 0.717) is 13.1 Å². The summed E-state index contributed by atoms with van der Waals surface area (Å²) in [6.45, 7) is 3.22. The maximum atomic E-state index is 12.5. The predicted molar refractivity (Wildman–Crippen MR) is 117 cm³/mol. The number of nitrogens with one attached hydrogen (secondary N) is 2. The number of carbonyl (C=O) groups is 1. The summed E-state index contributed by atoms with van der Waals surface area (Å²) in [5.74, 6) is 0. The molecule has 1 aromatic heterocycles. The minimum atomic E-state index is -0.125. The number of hydrogen-bond acceptors (Lipinski definition) is 3. The second kappa shape index (κ2) is 8.62. The fourth-order valence-electron chi connectivity index (χ4n) is 4.12. The zero-order valence-corrected chi connectivity index (χ0v) is 16.9. The number of benzene rings is 2. The third-order valence-electron chi connectivity index (χ3n) is 6.04. The molecule has 1 saturated heterocycles. The molecule has 0 aliphatic carbocycles. The molecule has 1 aliphatic heterocycles. The molecule has 1 aliphatic rings. The first-order valence-electron chi connectivity index (χ1n) is 10.2. The number of likely N-dealkylation sites (tertiary alicyclic amines) is 1. The molecule has 0 unspecified atom stereocenters. The van der Waals surface area contributed by atoms with Crippen LogP contribution < -0.4 is 10.6 Å². The number of nitrogens with zero attached hydrogens (tertiary/aromatic N) is 2. The summed E-state index contributed by atoms with van der Waals surface area (Å²) in [5.41, 5.74) is 3.30. The Bertz CT molecular complexity index is 965. The van der Waals surface area contributed by atoms with Crippen LogP contribution in [0.15, 0.2) is 66.9 Å². The molecule has 5 heteroatoms. The highest BCUT2D eigenvalue weighted by molar-refractivity contribution is 5.79. The SMILES string of the molecule is CN1CCC(CNC(=O)NCc2ccc3cccnc3c2)(c2ccccc2)CC1. The molecule has 1 fully saturated rings. The van der Waals surface area contributed by atoms with Crippen molar-refractivity contribution in [2.75, 3.05) is 26.7 Å². The maximum absolute atomic E-state index is 12.5. The lowest BCUT2D eigenvalue weighted by Crippen LogP contribution is -2.49. The molecule has 150 valence electrons. The van der Waals surface area contributed by atoms with Crippen LogP contribution in [0.5, 0.6) is 0 Å². The van der Waals surface area contributed by atoms with Crippen molar-refractivity contribution in [3.8, 4) is 0 Å². The number of rotatable bonds is 5. The average molecular weight is 389 g/mol. The van der Waals surface area contributed by atoms with Crippen molar-refractivity contribution in [1.82, 2.24) is 20.5 Å². The Morgan fingerprint density at radius 3 is 2.62 bits per heavy atom. The first-order chi connectivity index (χ1) is 14.1. The molecule has 3 aromatic rings. The van der Waals surface area contributed by atoms with Gasteiger partial charge in [0.2, 0.25) is 0 Å². The van der Waals surface area contributed by atoms with Crippen molar-refractivity contribution >= 4 is 16.9 Å². The Balaban J connectivity index is 1.37. The number of hydrogen-bond donors (Lipinski definition) is 2. The highest BCUT2D eigenvalue weighted by Gasteiger charge is 2.35. The van der Waals surface area contributed by atoms with Gasteiger partial charge in [0.05, 0.1) is 5.52 Å². The van der Waals surface area contributed by atoms with Crippen molar-refractivity contribution in [3.05, 3.63) is 78.0 Å². The molecule has 0 radical (unpaired) electrons. The second-order valence-electron chi connectivity index (χ2n) is 8.02.